The van der Waals surface area contributed by atoms with Gasteiger partial charge in [-0.05, 0) is 94.0 Å². The van der Waals surface area contributed by atoms with Crippen LogP contribution in [0.3, 0.4) is 0 Å². The van der Waals surface area contributed by atoms with Crippen LogP contribution in [0.25, 0.3) is 0 Å². The Morgan fingerprint density at radius 1 is 0.840 bits per heavy atom. The van der Waals surface area contributed by atoms with Crippen molar-refractivity contribution in [2.24, 2.45) is 0 Å². The van der Waals surface area contributed by atoms with E-state index < -0.39 is 6.10 Å². The average molecular weight is 339 g/mol. The fourth-order valence-electron chi connectivity index (χ4n) is 3.12. The quantitative estimate of drug-likeness (QED) is 0.843. The Kier molecular flexibility index (Phi) is 5.89. The third-order valence-corrected chi connectivity index (χ3v) is 4.58. The van der Waals surface area contributed by atoms with Gasteiger partial charge in [0.1, 0.15) is 5.75 Å². The Hall–Kier alpha value is -2.29. The zero-order valence-electron chi connectivity index (χ0n) is 16.4. The van der Waals surface area contributed by atoms with E-state index in [2.05, 4.69) is 44.3 Å². The number of carbonyl (C=O) groups excluding carboxylic acids is 1. The van der Waals surface area contributed by atoms with Crippen LogP contribution < -0.4 is 10.1 Å². The van der Waals surface area contributed by atoms with Gasteiger partial charge in [-0.2, -0.15) is 0 Å². The molecule has 0 spiro atoms. The highest BCUT2D eigenvalue weighted by molar-refractivity contribution is 5.81. The molecule has 25 heavy (non-hydrogen) atoms. The lowest BCUT2D eigenvalue weighted by atomic mass is 9.96. The molecule has 1 N–H and O–H groups in total. The molecule has 0 heterocycles. The van der Waals surface area contributed by atoms with Gasteiger partial charge in [0, 0.05) is 0 Å². The van der Waals surface area contributed by atoms with Crippen molar-refractivity contribution in [1.29, 1.82) is 0 Å². The number of aryl methyl sites for hydroxylation is 5. The van der Waals surface area contributed by atoms with Crippen molar-refractivity contribution in [2.45, 2.75) is 60.6 Å². The summed E-state index contributed by atoms with van der Waals surface area (Å²) in [6.07, 6.45) is -0.546. The number of hydrogen-bond acceptors (Lipinski definition) is 2. The molecule has 134 valence electrons. The zero-order chi connectivity index (χ0) is 18.7. The Bertz CT molecular complexity index is 760. The third kappa shape index (κ3) is 4.85. The van der Waals surface area contributed by atoms with Crippen LogP contribution in [0.15, 0.2) is 30.3 Å². The molecule has 2 atom stereocenters. The molecule has 2 rings (SSSR count). The molecule has 0 saturated heterocycles. The summed E-state index contributed by atoms with van der Waals surface area (Å²) in [4.78, 5) is 12.5. The standard InChI is InChI=1S/C22H29NO2/c1-13-8-14(2)10-20(9-13)25-19(7)22(24)23-18(6)21-12-16(4)15(3)11-17(21)5/h8-12,18-19H,1-7H3,(H,23,24)/t18-,19-/m0/s1. The second-order valence-corrected chi connectivity index (χ2v) is 7.11. The molecule has 1 amide bonds. The minimum absolute atomic E-state index is 0.0582. The Balaban J connectivity index is 2.06. The van der Waals surface area contributed by atoms with Crippen molar-refractivity contribution in [3.8, 4) is 5.75 Å². The topological polar surface area (TPSA) is 38.3 Å². The third-order valence-electron chi connectivity index (χ3n) is 4.58. The summed E-state index contributed by atoms with van der Waals surface area (Å²) in [5, 5.41) is 3.07. The second kappa shape index (κ2) is 7.73. The average Bonchev–Trinajstić information content (AvgIpc) is 2.49. The van der Waals surface area contributed by atoms with Crippen molar-refractivity contribution in [1.82, 2.24) is 5.32 Å². The van der Waals surface area contributed by atoms with Gasteiger partial charge in [0.25, 0.3) is 5.91 Å². The monoisotopic (exact) mass is 339 g/mol. The van der Waals surface area contributed by atoms with Crippen molar-refractivity contribution in [2.75, 3.05) is 0 Å². The molecule has 0 unspecified atom stereocenters. The van der Waals surface area contributed by atoms with E-state index in [0.717, 1.165) is 22.4 Å². The summed E-state index contributed by atoms with van der Waals surface area (Å²) >= 11 is 0. The fraction of sp³-hybridized carbons (Fsp3) is 0.409. The fourth-order valence-corrected chi connectivity index (χ4v) is 3.12. The minimum atomic E-state index is -0.546. The molecule has 0 aliphatic heterocycles. The van der Waals surface area contributed by atoms with Gasteiger partial charge in [0.05, 0.1) is 6.04 Å². The van der Waals surface area contributed by atoms with Gasteiger partial charge in [0.15, 0.2) is 6.10 Å². The highest BCUT2D eigenvalue weighted by Gasteiger charge is 2.19. The van der Waals surface area contributed by atoms with Crippen molar-refractivity contribution < 1.29 is 9.53 Å². The second-order valence-electron chi connectivity index (χ2n) is 7.11. The first-order valence-corrected chi connectivity index (χ1v) is 8.80. The summed E-state index contributed by atoms with van der Waals surface area (Å²) in [5.41, 5.74) is 7.10. The molecular weight excluding hydrogens is 310 g/mol. The predicted molar refractivity (Wildman–Crippen MR) is 103 cm³/mol. The van der Waals surface area contributed by atoms with E-state index in [9.17, 15) is 4.79 Å². The van der Waals surface area contributed by atoms with E-state index in [1.807, 2.05) is 32.9 Å². The zero-order valence-corrected chi connectivity index (χ0v) is 16.4. The van der Waals surface area contributed by atoms with E-state index in [-0.39, 0.29) is 11.9 Å². The largest absolute Gasteiger partial charge is 0.481 e. The summed E-state index contributed by atoms with van der Waals surface area (Å²) in [6, 6.07) is 10.3. The summed E-state index contributed by atoms with van der Waals surface area (Å²) in [7, 11) is 0. The number of amides is 1. The van der Waals surface area contributed by atoms with Crippen LogP contribution in [0, 0.1) is 34.6 Å². The number of hydrogen-bond donors (Lipinski definition) is 1. The lowest BCUT2D eigenvalue weighted by molar-refractivity contribution is -0.127. The molecule has 0 radical (unpaired) electrons. The summed E-state index contributed by atoms with van der Waals surface area (Å²) in [6.45, 7) is 14.1. The first-order chi connectivity index (χ1) is 11.7. The smallest absolute Gasteiger partial charge is 0.261 e. The van der Waals surface area contributed by atoms with Crippen molar-refractivity contribution in [3.05, 3.63) is 63.7 Å². The Morgan fingerprint density at radius 3 is 2.00 bits per heavy atom. The first-order valence-electron chi connectivity index (χ1n) is 8.80. The SMILES string of the molecule is Cc1cc(C)cc(O[C@@H](C)C(=O)N[C@@H](C)c2cc(C)c(C)cc2C)c1. The van der Waals surface area contributed by atoms with Crippen LogP contribution in [0.5, 0.6) is 5.75 Å². The van der Waals surface area contributed by atoms with E-state index in [1.54, 1.807) is 6.92 Å². The maximum absolute atomic E-state index is 12.5. The van der Waals surface area contributed by atoms with Crippen molar-refractivity contribution >= 4 is 5.91 Å². The summed E-state index contributed by atoms with van der Waals surface area (Å²) in [5.74, 6) is 0.624. The predicted octanol–water partition coefficient (Wildman–Crippen LogP) is 4.87. The number of ether oxygens (including phenoxy) is 1. The van der Waals surface area contributed by atoms with E-state index in [1.165, 1.54) is 16.7 Å². The molecule has 0 saturated carbocycles. The minimum Gasteiger partial charge on any atom is -0.481 e. The van der Waals surface area contributed by atoms with Gasteiger partial charge < -0.3 is 10.1 Å². The van der Waals surface area contributed by atoms with Crippen LogP contribution in [-0.2, 0) is 4.79 Å². The van der Waals surface area contributed by atoms with E-state index >= 15 is 0 Å². The molecule has 2 aromatic carbocycles. The van der Waals surface area contributed by atoms with Gasteiger partial charge in [-0.25, -0.2) is 0 Å². The highest BCUT2D eigenvalue weighted by Crippen LogP contribution is 2.22. The molecule has 3 heteroatoms. The first kappa shape index (κ1) is 19.0. The molecule has 0 aliphatic carbocycles. The lowest BCUT2D eigenvalue weighted by Gasteiger charge is -2.21. The number of benzene rings is 2. The molecule has 2 aromatic rings. The van der Waals surface area contributed by atoms with Crippen LogP contribution in [0.1, 0.15) is 53.3 Å². The van der Waals surface area contributed by atoms with Gasteiger partial charge in [0.2, 0.25) is 0 Å². The molecule has 0 fully saturated rings. The van der Waals surface area contributed by atoms with Crippen LogP contribution >= 0.6 is 0 Å². The van der Waals surface area contributed by atoms with Gasteiger partial charge in [-0.15, -0.1) is 0 Å². The molecule has 0 aromatic heterocycles. The van der Waals surface area contributed by atoms with Gasteiger partial charge in [-0.1, -0.05) is 18.2 Å². The van der Waals surface area contributed by atoms with Crippen LogP contribution in [0.2, 0.25) is 0 Å². The van der Waals surface area contributed by atoms with E-state index in [0.29, 0.717) is 0 Å². The van der Waals surface area contributed by atoms with Gasteiger partial charge in [-0.3, -0.25) is 4.79 Å². The molecule has 3 nitrogen and oxygen atoms in total. The number of rotatable bonds is 5. The van der Waals surface area contributed by atoms with Crippen LogP contribution in [-0.4, -0.2) is 12.0 Å². The normalized spacial score (nSPS) is 13.2. The molecule has 0 aliphatic rings. The highest BCUT2D eigenvalue weighted by atomic mass is 16.5. The number of carbonyl (C=O) groups is 1. The van der Waals surface area contributed by atoms with Crippen LogP contribution in [0.4, 0.5) is 0 Å². The number of nitrogens with one attached hydrogen (secondary N) is 1. The van der Waals surface area contributed by atoms with E-state index in [4.69, 9.17) is 4.74 Å². The Labute approximate surface area is 151 Å². The van der Waals surface area contributed by atoms with Gasteiger partial charge >= 0.3 is 0 Å². The lowest BCUT2D eigenvalue weighted by Crippen LogP contribution is -2.38. The molecular formula is C22H29NO2. The Morgan fingerprint density at radius 2 is 1.40 bits per heavy atom. The maximum atomic E-state index is 12.5. The summed E-state index contributed by atoms with van der Waals surface area (Å²) < 4.78 is 5.84. The van der Waals surface area contributed by atoms with Crippen molar-refractivity contribution in [3.63, 3.8) is 0 Å². The molecule has 0 bridgehead atoms. The maximum Gasteiger partial charge on any atom is 0.261 e.